The van der Waals surface area contributed by atoms with Crippen molar-refractivity contribution in [3.63, 3.8) is 0 Å². The zero-order valence-electron chi connectivity index (χ0n) is 20.4. The molecule has 4 aromatic rings. The Morgan fingerprint density at radius 1 is 0.500 bits per heavy atom. The molecule has 182 valence electrons. The van der Waals surface area contributed by atoms with Crippen molar-refractivity contribution in [2.24, 2.45) is 0 Å². The average molecular weight is 494 g/mol. The summed E-state index contributed by atoms with van der Waals surface area (Å²) in [6.07, 6.45) is 3.33. The maximum Gasteiger partial charge on any atom is 0.336 e. The summed E-state index contributed by atoms with van der Waals surface area (Å²) in [5.41, 5.74) is 4.34. The molecular formula is C31H32N3OP. The van der Waals surface area contributed by atoms with Crippen LogP contribution in [0.25, 0.3) is 0 Å². The lowest BCUT2D eigenvalue weighted by Gasteiger charge is -2.42. The van der Waals surface area contributed by atoms with Gasteiger partial charge in [0.25, 0.3) is 0 Å². The van der Waals surface area contributed by atoms with Crippen molar-refractivity contribution in [3.05, 3.63) is 132 Å². The van der Waals surface area contributed by atoms with E-state index in [-0.39, 0.29) is 12.1 Å². The van der Waals surface area contributed by atoms with E-state index in [0.29, 0.717) is 0 Å². The summed E-state index contributed by atoms with van der Waals surface area (Å²) in [5, 5.41) is 0. The Labute approximate surface area is 214 Å². The van der Waals surface area contributed by atoms with E-state index < -0.39 is 7.59 Å². The molecule has 2 fully saturated rings. The van der Waals surface area contributed by atoms with Crippen LogP contribution in [0, 0.1) is 0 Å². The number of para-hydroxylation sites is 2. The molecule has 0 aliphatic carbocycles. The molecule has 6 rings (SSSR count). The lowest BCUT2D eigenvalue weighted by Crippen LogP contribution is -2.37. The van der Waals surface area contributed by atoms with E-state index in [4.69, 9.17) is 0 Å². The standard InChI is InChI=1S/C31H32N3OP/c35-36(32-24-14-5-15-25-32)33(28-20-10-3-11-21-28)30(26-16-6-1-7-17-26)31(27-18-8-2-9-19-27)34(36)29-22-12-4-13-23-29/h1-4,6-13,16-23,30-31H,5,14-15,24-25H2/t30-,31-/m0/s1. The molecule has 0 spiro atoms. The fourth-order valence-electron chi connectivity index (χ4n) is 5.84. The van der Waals surface area contributed by atoms with E-state index >= 15 is 4.57 Å². The smallest absolute Gasteiger partial charge is 0.285 e. The van der Waals surface area contributed by atoms with Gasteiger partial charge in [-0.1, -0.05) is 103 Å². The maximum absolute atomic E-state index is 16.0. The normalized spacial score (nSPS) is 22.0. The van der Waals surface area contributed by atoms with Crippen LogP contribution in [0.2, 0.25) is 0 Å². The van der Waals surface area contributed by atoms with Gasteiger partial charge >= 0.3 is 7.59 Å². The highest BCUT2D eigenvalue weighted by atomic mass is 31.2. The van der Waals surface area contributed by atoms with Gasteiger partial charge in [-0.15, -0.1) is 0 Å². The number of benzene rings is 4. The number of nitrogens with zero attached hydrogens (tertiary/aromatic N) is 3. The van der Waals surface area contributed by atoms with Crippen LogP contribution >= 0.6 is 7.59 Å². The summed E-state index contributed by atoms with van der Waals surface area (Å²) in [6.45, 7) is 1.68. The Morgan fingerprint density at radius 3 is 1.25 bits per heavy atom. The molecule has 0 unspecified atom stereocenters. The number of piperidine rings is 1. The molecule has 0 amide bonds. The molecule has 36 heavy (non-hydrogen) atoms. The van der Waals surface area contributed by atoms with E-state index in [0.717, 1.165) is 37.3 Å². The molecule has 5 heteroatoms. The minimum atomic E-state index is -3.25. The van der Waals surface area contributed by atoms with E-state index in [9.17, 15) is 0 Å². The van der Waals surface area contributed by atoms with E-state index in [1.807, 2.05) is 12.1 Å². The molecule has 0 aromatic heterocycles. The summed E-state index contributed by atoms with van der Waals surface area (Å²) in [6, 6.07) is 41.7. The van der Waals surface area contributed by atoms with Gasteiger partial charge in [-0.3, -0.25) is 13.9 Å². The number of hydrogen-bond donors (Lipinski definition) is 0. The van der Waals surface area contributed by atoms with Crippen molar-refractivity contribution in [3.8, 4) is 0 Å². The van der Waals surface area contributed by atoms with Crippen molar-refractivity contribution in [1.82, 2.24) is 4.67 Å². The van der Waals surface area contributed by atoms with Crippen molar-refractivity contribution in [2.75, 3.05) is 22.4 Å². The Bertz CT molecular complexity index is 1220. The minimum absolute atomic E-state index is 0.121. The van der Waals surface area contributed by atoms with Gasteiger partial charge in [0.2, 0.25) is 0 Å². The van der Waals surface area contributed by atoms with Gasteiger partial charge in [0.05, 0.1) is 12.1 Å². The molecule has 4 aromatic carbocycles. The SMILES string of the molecule is O=P1(N2CCCCC2)N(c2ccccc2)[C@@H](c2ccccc2)[C@H](c2ccccc2)N1c1ccccc1. The predicted molar refractivity (Wildman–Crippen MR) is 149 cm³/mol. The molecule has 0 bridgehead atoms. The third kappa shape index (κ3) is 3.95. The molecule has 2 aliphatic heterocycles. The van der Waals surface area contributed by atoms with Crippen LogP contribution in [-0.4, -0.2) is 17.8 Å². The maximum atomic E-state index is 16.0. The van der Waals surface area contributed by atoms with Gasteiger partial charge < -0.3 is 0 Å². The summed E-state index contributed by atoms with van der Waals surface area (Å²) >= 11 is 0. The second kappa shape index (κ2) is 9.97. The number of anilines is 2. The zero-order valence-corrected chi connectivity index (χ0v) is 21.3. The first-order valence-corrected chi connectivity index (χ1v) is 14.5. The van der Waals surface area contributed by atoms with E-state index in [1.54, 1.807) is 0 Å². The zero-order chi connectivity index (χ0) is 24.4. The van der Waals surface area contributed by atoms with Gasteiger partial charge in [-0.2, -0.15) is 0 Å². The first kappa shape index (κ1) is 23.1. The first-order valence-electron chi connectivity index (χ1n) is 12.9. The Balaban J connectivity index is 1.66. The minimum Gasteiger partial charge on any atom is -0.285 e. The van der Waals surface area contributed by atoms with Crippen molar-refractivity contribution in [1.29, 1.82) is 0 Å². The fraction of sp³-hybridized carbons (Fsp3) is 0.226. The molecule has 0 radical (unpaired) electrons. The largest absolute Gasteiger partial charge is 0.336 e. The van der Waals surface area contributed by atoms with Crippen LogP contribution in [0.4, 0.5) is 11.4 Å². The molecule has 2 atom stereocenters. The molecular weight excluding hydrogens is 461 g/mol. The Hall–Kier alpha value is -3.33. The quantitative estimate of drug-likeness (QED) is 0.263. The summed E-state index contributed by atoms with van der Waals surface area (Å²) in [4.78, 5) is 0. The van der Waals surface area contributed by atoms with Crippen LogP contribution in [0.1, 0.15) is 42.5 Å². The van der Waals surface area contributed by atoms with Gasteiger partial charge in [-0.05, 0) is 48.2 Å². The third-order valence-corrected chi connectivity index (χ3v) is 10.6. The summed E-state index contributed by atoms with van der Waals surface area (Å²) in [5.74, 6) is 0. The molecule has 4 nitrogen and oxygen atoms in total. The molecule has 2 heterocycles. The molecule has 0 N–H and O–H groups in total. The Morgan fingerprint density at radius 2 is 0.861 bits per heavy atom. The van der Waals surface area contributed by atoms with Gasteiger partial charge in [0.15, 0.2) is 0 Å². The van der Waals surface area contributed by atoms with E-state index in [2.05, 4.69) is 123 Å². The highest BCUT2D eigenvalue weighted by Crippen LogP contribution is 2.73. The van der Waals surface area contributed by atoms with Crippen LogP contribution in [0.3, 0.4) is 0 Å². The fourth-order valence-corrected chi connectivity index (χ4v) is 9.43. The summed E-state index contributed by atoms with van der Waals surface area (Å²) < 4.78 is 22.8. The second-order valence-electron chi connectivity index (χ2n) is 9.60. The summed E-state index contributed by atoms with van der Waals surface area (Å²) in [7, 11) is -3.25. The molecule has 2 aliphatic rings. The van der Waals surface area contributed by atoms with E-state index in [1.165, 1.54) is 17.5 Å². The molecule has 2 saturated heterocycles. The second-order valence-corrected chi connectivity index (χ2v) is 12.1. The number of rotatable bonds is 5. The first-order chi connectivity index (χ1) is 17.8. The predicted octanol–water partition coefficient (Wildman–Crippen LogP) is 8.09. The van der Waals surface area contributed by atoms with Crippen molar-refractivity contribution in [2.45, 2.75) is 31.3 Å². The van der Waals surface area contributed by atoms with Crippen molar-refractivity contribution >= 4 is 19.0 Å². The highest BCUT2D eigenvalue weighted by molar-refractivity contribution is 7.65. The third-order valence-electron chi connectivity index (χ3n) is 7.41. The van der Waals surface area contributed by atoms with Gasteiger partial charge in [0, 0.05) is 24.5 Å². The van der Waals surface area contributed by atoms with Crippen LogP contribution in [0.5, 0.6) is 0 Å². The molecule has 0 saturated carbocycles. The highest BCUT2D eigenvalue weighted by Gasteiger charge is 2.59. The number of hydrogen-bond acceptors (Lipinski definition) is 1. The van der Waals surface area contributed by atoms with Gasteiger partial charge in [0.1, 0.15) is 0 Å². The topological polar surface area (TPSA) is 26.8 Å². The van der Waals surface area contributed by atoms with Gasteiger partial charge in [-0.25, -0.2) is 4.67 Å². The lowest BCUT2D eigenvalue weighted by atomic mass is 9.92. The lowest BCUT2D eigenvalue weighted by molar-refractivity contribution is 0.343. The Kier molecular flexibility index (Phi) is 6.39. The monoisotopic (exact) mass is 493 g/mol. The van der Waals surface area contributed by atoms with Crippen molar-refractivity contribution < 1.29 is 4.57 Å². The average Bonchev–Trinajstić information content (AvgIpc) is 3.25. The van der Waals surface area contributed by atoms with Crippen LogP contribution in [0.15, 0.2) is 121 Å². The van der Waals surface area contributed by atoms with Crippen LogP contribution < -0.4 is 9.34 Å². The van der Waals surface area contributed by atoms with Crippen LogP contribution in [-0.2, 0) is 4.57 Å².